The Morgan fingerprint density at radius 1 is 1.09 bits per heavy atom. The Labute approximate surface area is 135 Å². The fraction of sp³-hybridized carbons (Fsp3) is 0.278. The van der Waals surface area contributed by atoms with Gasteiger partial charge >= 0.3 is 0 Å². The van der Waals surface area contributed by atoms with E-state index in [9.17, 15) is 9.18 Å². The van der Waals surface area contributed by atoms with E-state index in [0.717, 1.165) is 5.56 Å². The van der Waals surface area contributed by atoms with Gasteiger partial charge in [0.1, 0.15) is 5.82 Å². The van der Waals surface area contributed by atoms with Crippen LogP contribution in [0.1, 0.15) is 28.8 Å². The maximum atomic E-state index is 12.9. The standard InChI is InChI=1S/C18H20FNO3/c1-12(13-4-7-15(19)8-5-13)11-20-18(21)14-6-9-16(22-2)17(10-14)23-3/h4-10,12H,11H2,1-3H3,(H,20,21). The number of halogens is 1. The van der Waals surface area contributed by atoms with Crippen LogP contribution in [0.4, 0.5) is 4.39 Å². The first-order valence-electron chi connectivity index (χ1n) is 7.31. The van der Waals surface area contributed by atoms with Crippen LogP contribution in [0.25, 0.3) is 0 Å². The summed E-state index contributed by atoms with van der Waals surface area (Å²) in [5.74, 6) is 0.699. The predicted molar refractivity (Wildman–Crippen MR) is 86.7 cm³/mol. The molecular weight excluding hydrogens is 297 g/mol. The van der Waals surface area contributed by atoms with Crippen LogP contribution in [0.2, 0.25) is 0 Å². The van der Waals surface area contributed by atoms with Crippen molar-refractivity contribution in [3.63, 3.8) is 0 Å². The molecule has 23 heavy (non-hydrogen) atoms. The van der Waals surface area contributed by atoms with Crippen LogP contribution in [0, 0.1) is 5.82 Å². The number of carbonyl (C=O) groups excluding carboxylic acids is 1. The van der Waals surface area contributed by atoms with E-state index in [0.29, 0.717) is 23.6 Å². The van der Waals surface area contributed by atoms with Crippen molar-refractivity contribution in [3.8, 4) is 11.5 Å². The average molecular weight is 317 g/mol. The van der Waals surface area contributed by atoms with Crippen molar-refractivity contribution in [3.05, 3.63) is 59.4 Å². The van der Waals surface area contributed by atoms with Crippen molar-refractivity contribution in [1.82, 2.24) is 5.32 Å². The molecule has 0 heterocycles. The van der Waals surface area contributed by atoms with Crippen molar-refractivity contribution in [2.75, 3.05) is 20.8 Å². The minimum atomic E-state index is -0.268. The van der Waals surface area contributed by atoms with Gasteiger partial charge in [-0.1, -0.05) is 19.1 Å². The monoisotopic (exact) mass is 317 g/mol. The fourth-order valence-electron chi connectivity index (χ4n) is 2.23. The van der Waals surface area contributed by atoms with Crippen LogP contribution in [-0.4, -0.2) is 26.7 Å². The Kier molecular flexibility index (Phi) is 5.57. The van der Waals surface area contributed by atoms with Crippen LogP contribution in [-0.2, 0) is 0 Å². The third kappa shape index (κ3) is 4.22. The largest absolute Gasteiger partial charge is 0.493 e. The van der Waals surface area contributed by atoms with Gasteiger partial charge in [0.05, 0.1) is 14.2 Å². The van der Waals surface area contributed by atoms with E-state index in [1.807, 2.05) is 6.92 Å². The minimum Gasteiger partial charge on any atom is -0.493 e. The molecule has 0 aliphatic carbocycles. The van der Waals surface area contributed by atoms with Crippen molar-refractivity contribution < 1.29 is 18.7 Å². The summed E-state index contributed by atoms with van der Waals surface area (Å²) in [5, 5.41) is 2.87. The Bertz CT molecular complexity index is 670. The van der Waals surface area contributed by atoms with E-state index in [1.165, 1.54) is 19.2 Å². The van der Waals surface area contributed by atoms with Gasteiger partial charge in [-0.05, 0) is 41.8 Å². The summed E-state index contributed by atoms with van der Waals surface area (Å²) >= 11 is 0. The maximum Gasteiger partial charge on any atom is 0.251 e. The van der Waals surface area contributed by atoms with Crippen LogP contribution in [0.3, 0.4) is 0 Å². The van der Waals surface area contributed by atoms with Crippen molar-refractivity contribution in [2.24, 2.45) is 0 Å². The maximum absolute atomic E-state index is 12.9. The van der Waals surface area contributed by atoms with E-state index in [4.69, 9.17) is 9.47 Å². The number of nitrogens with one attached hydrogen (secondary N) is 1. The SMILES string of the molecule is COc1ccc(C(=O)NCC(C)c2ccc(F)cc2)cc1OC. The van der Waals surface area contributed by atoms with Crippen LogP contribution < -0.4 is 14.8 Å². The summed E-state index contributed by atoms with van der Waals surface area (Å²) in [6, 6.07) is 11.3. The second kappa shape index (κ2) is 7.63. The van der Waals surface area contributed by atoms with Gasteiger partial charge in [0.25, 0.3) is 5.91 Å². The van der Waals surface area contributed by atoms with Crippen LogP contribution >= 0.6 is 0 Å². The number of rotatable bonds is 6. The molecule has 1 atom stereocenters. The molecule has 2 aromatic carbocycles. The van der Waals surface area contributed by atoms with Gasteiger partial charge in [0.2, 0.25) is 0 Å². The normalized spacial score (nSPS) is 11.7. The van der Waals surface area contributed by atoms with Gasteiger partial charge in [0, 0.05) is 12.1 Å². The number of benzene rings is 2. The molecule has 1 amide bonds. The molecule has 0 fully saturated rings. The summed E-state index contributed by atoms with van der Waals surface area (Å²) in [6.45, 7) is 2.43. The smallest absolute Gasteiger partial charge is 0.251 e. The number of amides is 1. The highest BCUT2D eigenvalue weighted by Crippen LogP contribution is 2.27. The molecule has 0 spiro atoms. The third-order valence-corrected chi connectivity index (χ3v) is 3.65. The first-order valence-corrected chi connectivity index (χ1v) is 7.31. The topological polar surface area (TPSA) is 47.6 Å². The lowest BCUT2D eigenvalue weighted by Gasteiger charge is -2.14. The Balaban J connectivity index is 2.00. The zero-order valence-electron chi connectivity index (χ0n) is 13.4. The second-order valence-corrected chi connectivity index (χ2v) is 5.23. The predicted octanol–water partition coefficient (Wildman–Crippen LogP) is 3.38. The zero-order chi connectivity index (χ0) is 16.8. The van der Waals surface area contributed by atoms with Crippen LogP contribution in [0.15, 0.2) is 42.5 Å². The molecule has 2 aromatic rings. The van der Waals surface area contributed by atoms with Gasteiger partial charge in [-0.3, -0.25) is 4.79 Å². The van der Waals surface area contributed by atoms with Gasteiger partial charge in [0.15, 0.2) is 11.5 Å². The van der Waals surface area contributed by atoms with Crippen LogP contribution in [0.5, 0.6) is 11.5 Å². The molecule has 4 nitrogen and oxygen atoms in total. The summed E-state index contributed by atoms with van der Waals surface area (Å²) in [7, 11) is 3.07. The second-order valence-electron chi connectivity index (χ2n) is 5.23. The Morgan fingerprint density at radius 3 is 2.35 bits per heavy atom. The molecule has 1 unspecified atom stereocenters. The molecule has 0 aliphatic rings. The van der Waals surface area contributed by atoms with Gasteiger partial charge in [-0.2, -0.15) is 0 Å². The first kappa shape index (κ1) is 16.8. The van der Waals surface area contributed by atoms with Crippen molar-refractivity contribution >= 4 is 5.91 Å². The van der Waals surface area contributed by atoms with E-state index >= 15 is 0 Å². The van der Waals surface area contributed by atoms with E-state index in [1.54, 1.807) is 37.4 Å². The third-order valence-electron chi connectivity index (χ3n) is 3.65. The molecule has 5 heteroatoms. The van der Waals surface area contributed by atoms with Gasteiger partial charge < -0.3 is 14.8 Å². The molecule has 1 N–H and O–H groups in total. The molecule has 0 saturated heterocycles. The molecule has 0 bridgehead atoms. The van der Waals surface area contributed by atoms with Crippen molar-refractivity contribution in [2.45, 2.75) is 12.8 Å². The first-order chi connectivity index (χ1) is 11.0. The minimum absolute atomic E-state index is 0.0830. The van der Waals surface area contributed by atoms with E-state index in [2.05, 4.69) is 5.32 Å². The lowest BCUT2D eigenvalue weighted by atomic mass is 10.0. The van der Waals surface area contributed by atoms with E-state index in [-0.39, 0.29) is 17.6 Å². The summed E-state index contributed by atoms with van der Waals surface area (Å²) < 4.78 is 23.3. The van der Waals surface area contributed by atoms with Crippen molar-refractivity contribution in [1.29, 1.82) is 0 Å². The number of hydrogen-bond acceptors (Lipinski definition) is 3. The lowest BCUT2D eigenvalue weighted by Crippen LogP contribution is -2.27. The lowest BCUT2D eigenvalue weighted by molar-refractivity contribution is 0.0951. The molecular formula is C18H20FNO3. The molecule has 0 aliphatic heterocycles. The van der Waals surface area contributed by atoms with E-state index < -0.39 is 0 Å². The summed E-state index contributed by atoms with van der Waals surface area (Å²) in [4.78, 5) is 12.2. The average Bonchev–Trinajstić information content (AvgIpc) is 2.59. The molecule has 0 radical (unpaired) electrons. The molecule has 122 valence electrons. The Morgan fingerprint density at radius 2 is 1.74 bits per heavy atom. The quantitative estimate of drug-likeness (QED) is 0.888. The highest BCUT2D eigenvalue weighted by Gasteiger charge is 2.12. The number of methoxy groups -OCH3 is 2. The zero-order valence-corrected chi connectivity index (χ0v) is 13.4. The number of carbonyl (C=O) groups is 1. The summed E-state index contributed by atoms with van der Waals surface area (Å²) in [5.41, 5.74) is 1.47. The Hall–Kier alpha value is -2.56. The molecule has 0 saturated carbocycles. The number of hydrogen-bond donors (Lipinski definition) is 1. The molecule has 2 rings (SSSR count). The van der Waals surface area contributed by atoms with Gasteiger partial charge in [-0.15, -0.1) is 0 Å². The summed E-state index contributed by atoms with van der Waals surface area (Å²) in [6.07, 6.45) is 0. The fourth-order valence-corrected chi connectivity index (χ4v) is 2.23. The molecule has 0 aromatic heterocycles. The highest BCUT2D eigenvalue weighted by molar-refractivity contribution is 5.94. The van der Waals surface area contributed by atoms with Gasteiger partial charge in [-0.25, -0.2) is 4.39 Å². The highest BCUT2D eigenvalue weighted by atomic mass is 19.1. The number of ether oxygens (including phenoxy) is 2.